The predicted octanol–water partition coefficient (Wildman–Crippen LogP) is 1.05. The number of oxazole rings is 1. The van der Waals surface area contributed by atoms with E-state index in [2.05, 4.69) is 15.3 Å². The number of benzene rings is 1. The van der Waals surface area contributed by atoms with Crippen LogP contribution in [0.5, 0.6) is 0 Å². The summed E-state index contributed by atoms with van der Waals surface area (Å²) in [5.41, 5.74) is 7.40. The van der Waals surface area contributed by atoms with Crippen LogP contribution in [-0.4, -0.2) is 46.2 Å². The van der Waals surface area contributed by atoms with Gasteiger partial charge in [-0.05, 0) is 18.6 Å². The number of carbonyl (C=O) groups is 2. The third-order valence-electron chi connectivity index (χ3n) is 4.24. The topological polar surface area (TPSA) is 143 Å². The largest absolute Gasteiger partial charge is 0.464 e. The van der Waals surface area contributed by atoms with E-state index in [9.17, 15) is 9.59 Å². The Morgan fingerprint density at radius 2 is 2.18 bits per heavy atom. The molecule has 0 aliphatic heterocycles. The maximum Gasteiger partial charge on any atom is 0.328 e. The van der Waals surface area contributed by atoms with Gasteiger partial charge in [-0.3, -0.25) is 4.79 Å². The van der Waals surface area contributed by atoms with Crippen molar-refractivity contribution in [2.75, 3.05) is 13.2 Å². The van der Waals surface area contributed by atoms with Gasteiger partial charge in [0.15, 0.2) is 5.69 Å². The van der Waals surface area contributed by atoms with E-state index in [-0.39, 0.29) is 31.2 Å². The average molecular weight is 386 g/mol. The number of hydrogen-bond acceptors (Lipinski definition) is 7. The van der Waals surface area contributed by atoms with E-state index < -0.39 is 24.0 Å². The molecule has 148 valence electrons. The van der Waals surface area contributed by atoms with Crippen LogP contribution in [-0.2, 0) is 16.0 Å². The molecule has 0 saturated heterocycles. The molecule has 0 radical (unpaired) electrons. The summed E-state index contributed by atoms with van der Waals surface area (Å²) in [6, 6.07) is 5.95. The van der Waals surface area contributed by atoms with Crippen LogP contribution >= 0.6 is 0 Å². The monoisotopic (exact) mass is 386 g/mol. The molecule has 0 bridgehead atoms. The number of amides is 1. The Balaban J connectivity index is 1.79. The zero-order chi connectivity index (χ0) is 20.1. The zero-order valence-electron chi connectivity index (χ0n) is 15.3. The molecule has 2 atom stereocenters. The number of H-pyrrole nitrogens is 1. The van der Waals surface area contributed by atoms with E-state index >= 15 is 0 Å². The quantitative estimate of drug-likeness (QED) is 0.424. The van der Waals surface area contributed by atoms with Crippen LogP contribution in [0.25, 0.3) is 10.9 Å². The Bertz CT molecular complexity index is 964. The van der Waals surface area contributed by atoms with Crippen molar-refractivity contribution in [3.05, 3.63) is 53.9 Å². The highest BCUT2D eigenvalue weighted by Crippen LogP contribution is 2.19. The summed E-state index contributed by atoms with van der Waals surface area (Å²) < 4.78 is 10.2. The third kappa shape index (κ3) is 4.21. The lowest BCUT2D eigenvalue weighted by molar-refractivity contribution is -0.145. The molecule has 2 unspecified atom stereocenters. The fourth-order valence-electron chi connectivity index (χ4n) is 2.83. The summed E-state index contributed by atoms with van der Waals surface area (Å²) in [5, 5.41) is 12.7. The lowest BCUT2D eigenvalue weighted by atomic mass is 10.0. The molecule has 3 rings (SSSR count). The molecule has 1 aromatic carbocycles. The second kappa shape index (κ2) is 8.68. The van der Waals surface area contributed by atoms with Crippen LogP contribution in [0, 0.1) is 0 Å². The van der Waals surface area contributed by atoms with Crippen LogP contribution < -0.4 is 11.1 Å². The molecule has 0 aliphatic rings. The van der Waals surface area contributed by atoms with Crippen molar-refractivity contribution < 1.29 is 23.8 Å². The number of aliphatic hydroxyl groups is 1. The highest BCUT2D eigenvalue weighted by atomic mass is 16.5. The van der Waals surface area contributed by atoms with Gasteiger partial charge in [0.05, 0.1) is 13.2 Å². The van der Waals surface area contributed by atoms with Gasteiger partial charge in [-0.15, -0.1) is 0 Å². The summed E-state index contributed by atoms with van der Waals surface area (Å²) in [6.45, 7) is 1.52. The van der Waals surface area contributed by atoms with Gasteiger partial charge in [-0.25, -0.2) is 9.78 Å². The van der Waals surface area contributed by atoms with Crippen LogP contribution in [0.2, 0.25) is 0 Å². The van der Waals surface area contributed by atoms with E-state index in [1.807, 2.05) is 24.3 Å². The van der Waals surface area contributed by atoms with Crippen LogP contribution in [0.1, 0.15) is 34.9 Å². The van der Waals surface area contributed by atoms with Gasteiger partial charge < -0.3 is 30.3 Å². The van der Waals surface area contributed by atoms with Crippen molar-refractivity contribution in [3.63, 3.8) is 0 Å². The normalized spacial score (nSPS) is 13.2. The van der Waals surface area contributed by atoms with Gasteiger partial charge in [0.1, 0.15) is 18.3 Å². The number of aromatic amines is 1. The maximum atomic E-state index is 12.5. The Hall–Kier alpha value is -3.17. The number of para-hydroxylation sites is 1. The lowest BCUT2D eigenvalue weighted by Gasteiger charge is -2.16. The van der Waals surface area contributed by atoms with Gasteiger partial charge in [0, 0.05) is 23.5 Å². The molecule has 5 N–H and O–H groups in total. The van der Waals surface area contributed by atoms with Crippen molar-refractivity contribution in [2.24, 2.45) is 5.73 Å². The number of rotatable bonds is 8. The molecule has 2 heterocycles. The molecule has 28 heavy (non-hydrogen) atoms. The van der Waals surface area contributed by atoms with Crippen molar-refractivity contribution in [1.29, 1.82) is 0 Å². The first-order chi connectivity index (χ1) is 13.5. The Kier molecular flexibility index (Phi) is 6.07. The van der Waals surface area contributed by atoms with Crippen molar-refractivity contribution in [2.45, 2.75) is 25.4 Å². The minimum Gasteiger partial charge on any atom is -0.464 e. The number of nitrogens with zero attached hydrogens (tertiary/aromatic N) is 1. The molecule has 9 nitrogen and oxygen atoms in total. The molecule has 2 aromatic heterocycles. The van der Waals surface area contributed by atoms with Crippen LogP contribution in [0.4, 0.5) is 0 Å². The molecule has 1 amide bonds. The van der Waals surface area contributed by atoms with E-state index in [1.165, 1.54) is 0 Å². The zero-order valence-corrected chi connectivity index (χ0v) is 15.3. The van der Waals surface area contributed by atoms with Gasteiger partial charge in [-0.2, -0.15) is 0 Å². The van der Waals surface area contributed by atoms with Crippen molar-refractivity contribution >= 4 is 22.8 Å². The number of nitrogens with two attached hydrogens (primary N) is 1. The number of carbonyl (C=O) groups excluding carboxylic acids is 2. The Morgan fingerprint density at radius 1 is 1.39 bits per heavy atom. The summed E-state index contributed by atoms with van der Waals surface area (Å²) in [5.74, 6) is -1.10. The minimum absolute atomic E-state index is 0.0351. The van der Waals surface area contributed by atoms with Crippen molar-refractivity contribution in [1.82, 2.24) is 15.3 Å². The van der Waals surface area contributed by atoms with Crippen LogP contribution in [0.3, 0.4) is 0 Å². The van der Waals surface area contributed by atoms with E-state index in [4.69, 9.17) is 20.0 Å². The van der Waals surface area contributed by atoms with Gasteiger partial charge >= 0.3 is 5.97 Å². The predicted molar refractivity (Wildman–Crippen MR) is 100 cm³/mol. The Morgan fingerprint density at radius 3 is 2.93 bits per heavy atom. The number of aliphatic hydroxyl groups excluding tert-OH is 1. The molecule has 0 aliphatic carbocycles. The van der Waals surface area contributed by atoms with Gasteiger partial charge in [0.25, 0.3) is 5.91 Å². The molecular formula is C19H22N4O5. The number of esters is 1. The molecule has 0 saturated carbocycles. The molecular weight excluding hydrogens is 364 g/mol. The Labute approximate surface area is 160 Å². The number of ether oxygens (including phenoxy) is 1. The summed E-state index contributed by atoms with van der Waals surface area (Å²) in [4.78, 5) is 32.0. The maximum absolute atomic E-state index is 12.5. The first-order valence-corrected chi connectivity index (χ1v) is 8.87. The lowest BCUT2D eigenvalue weighted by Crippen LogP contribution is -2.43. The average Bonchev–Trinajstić information content (AvgIpc) is 3.35. The smallest absolute Gasteiger partial charge is 0.328 e. The summed E-state index contributed by atoms with van der Waals surface area (Å²) in [6.07, 6.45) is 3.18. The standard InChI is InChI=1S/C19H22N4O5/c1-2-27-19(26)15(7-11-8-21-14-6-4-3-5-12(11)14)22-17(25)16-10-28-18(23-16)13(20)9-24/h3-6,8,10,13,15,21,24H,2,7,9,20H2,1H3,(H,22,25). The van der Waals surface area contributed by atoms with E-state index in [1.54, 1.807) is 13.1 Å². The highest BCUT2D eigenvalue weighted by molar-refractivity contribution is 5.95. The summed E-state index contributed by atoms with van der Waals surface area (Å²) in [7, 11) is 0. The molecule has 0 spiro atoms. The number of hydrogen-bond donors (Lipinski definition) is 4. The fourth-order valence-corrected chi connectivity index (χ4v) is 2.83. The third-order valence-corrected chi connectivity index (χ3v) is 4.24. The molecule has 0 fully saturated rings. The molecule has 3 aromatic rings. The van der Waals surface area contributed by atoms with E-state index in [0.717, 1.165) is 22.7 Å². The number of fused-ring (bicyclic) bond motifs is 1. The highest BCUT2D eigenvalue weighted by Gasteiger charge is 2.26. The first kappa shape index (κ1) is 19.6. The number of aromatic nitrogens is 2. The fraction of sp³-hybridized carbons (Fsp3) is 0.316. The van der Waals surface area contributed by atoms with E-state index in [0.29, 0.717) is 0 Å². The second-order valence-corrected chi connectivity index (χ2v) is 6.20. The second-order valence-electron chi connectivity index (χ2n) is 6.20. The summed E-state index contributed by atoms with van der Waals surface area (Å²) >= 11 is 0. The molecule has 9 heteroatoms. The number of nitrogens with one attached hydrogen (secondary N) is 2. The first-order valence-electron chi connectivity index (χ1n) is 8.87. The van der Waals surface area contributed by atoms with Gasteiger partial charge in [0.2, 0.25) is 5.89 Å². The minimum atomic E-state index is -0.904. The van der Waals surface area contributed by atoms with Crippen molar-refractivity contribution in [3.8, 4) is 0 Å². The van der Waals surface area contributed by atoms with Crippen LogP contribution in [0.15, 0.2) is 41.1 Å². The van der Waals surface area contributed by atoms with Gasteiger partial charge in [-0.1, -0.05) is 18.2 Å². The SMILES string of the molecule is CCOC(=O)C(Cc1c[nH]c2ccccc12)NC(=O)c1coc(C(N)CO)n1.